The lowest BCUT2D eigenvalue weighted by atomic mass is 10.0. The van der Waals surface area contributed by atoms with Gasteiger partial charge in [-0.3, -0.25) is 33.8 Å². The lowest BCUT2D eigenvalue weighted by molar-refractivity contribution is -0.145. The summed E-state index contributed by atoms with van der Waals surface area (Å²) in [5.41, 5.74) is 16.5. The molecule has 23 nitrogen and oxygen atoms in total. The molecule has 1 aromatic carbocycles. The molecule has 0 aliphatic carbocycles. The number of carboxylic acid groups (broad SMARTS) is 1. The van der Waals surface area contributed by atoms with Crippen molar-refractivity contribution in [3.8, 4) is 5.75 Å². The summed E-state index contributed by atoms with van der Waals surface area (Å²) >= 11 is 0. The summed E-state index contributed by atoms with van der Waals surface area (Å²) in [4.78, 5) is 93.2. The number of hydrogen-bond acceptors (Lipinski definition) is 14. The number of amides is 6. The zero-order valence-electron chi connectivity index (χ0n) is 29.6. The highest BCUT2D eigenvalue weighted by molar-refractivity contribution is 5.97. The number of aliphatic hydroxyl groups excluding tert-OH is 4. The molecule has 54 heavy (non-hydrogen) atoms. The van der Waals surface area contributed by atoms with Crippen molar-refractivity contribution >= 4 is 47.4 Å². The van der Waals surface area contributed by atoms with Crippen molar-refractivity contribution in [1.29, 1.82) is 0 Å². The number of aliphatic carboxylic acids is 1. The molecule has 0 spiro atoms. The minimum absolute atomic E-state index is 0.0169. The Balaban J connectivity index is 3.34. The van der Waals surface area contributed by atoms with E-state index in [4.69, 9.17) is 22.3 Å². The summed E-state index contributed by atoms with van der Waals surface area (Å²) in [6.07, 6.45) is -1.93. The van der Waals surface area contributed by atoms with E-state index in [1.165, 1.54) is 31.2 Å². The summed E-state index contributed by atoms with van der Waals surface area (Å²) < 4.78 is 0. The van der Waals surface area contributed by atoms with E-state index >= 15 is 0 Å². The molecule has 0 saturated heterocycles. The molecule has 6 amide bonds. The van der Waals surface area contributed by atoms with Gasteiger partial charge in [-0.25, -0.2) is 4.79 Å². The summed E-state index contributed by atoms with van der Waals surface area (Å²) in [6.45, 7) is -0.389. The number of carbonyl (C=O) groups excluding carboxylic acids is 6. The molecule has 0 aromatic heterocycles. The van der Waals surface area contributed by atoms with Gasteiger partial charge in [-0.1, -0.05) is 12.1 Å². The summed E-state index contributed by atoms with van der Waals surface area (Å²) in [7, 11) is 0. The molecule has 0 heterocycles. The number of nitrogens with two attached hydrogens (primary N) is 3. The van der Waals surface area contributed by atoms with E-state index < -0.39 is 110 Å². The monoisotopic (exact) mass is 770 g/mol. The first-order chi connectivity index (χ1) is 25.3. The molecule has 1 rings (SSSR count). The van der Waals surface area contributed by atoms with Crippen LogP contribution in [0.3, 0.4) is 0 Å². The Morgan fingerprint density at radius 3 is 1.67 bits per heavy atom. The van der Waals surface area contributed by atoms with Gasteiger partial charge in [-0.15, -0.1) is 0 Å². The van der Waals surface area contributed by atoms with Gasteiger partial charge in [0.25, 0.3) is 0 Å². The Morgan fingerprint density at radius 1 is 0.685 bits per heavy atom. The summed E-state index contributed by atoms with van der Waals surface area (Å²) in [5, 5.41) is 70.9. The second kappa shape index (κ2) is 23.1. The molecule has 18 N–H and O–H groups in total. The number of nitrogens with one attached hydrogen (secondary N) is 6. The average Bonchev–Trinajstić information content (AvgIpc) is 3.12. The lowest BCUT2D eigenvalue weighted by Crippen LogP contribution is -2.61. The number of phenolic OH excluding ortho intramolecular Hbond substituents is 1. The van der Waals surface area contributed by atoms with Crippen LogP contribution in [0.15, 0.2) is 29.3 Å². The maximum Gasteiger partial charge on any atom is 0.328 e. The van der Waals surface area contributed by atoms with E-state index in [0.717, 1.165) is 6.92 Å². The highest BCUT2D eigenvalue weighted by Crippen LogP contribution is 2.12. The fourth-order valence-corrected chi connectivity index (χ4v) is 4.46. The fraction of sp³-hybridized carbons (Fsp3) is 0.548. The maximum absolute atomic E-state index is 13.8. The van der Waals surface area contributed by atoms with Gasteiger partial charge in [0, 0.05) is 13.0 Å². The third kappa shape index (κ3) is 16.0. The number of aliphatic hydroxyl groups is 4. The van der Waals surface area contributed by atoms with E-state index in [-0.39, 0.29) is 37.5 Å². The van der Waals surface area contributed by atoms with Crippen molar-refractivity contribution in [2.24, 2.45) is 22.2 Å². The first-order valence-electron chi connectivity index (χ1n) is 16.5. The third-order valence-electron chi connectivity index (χ3n) is 7.55. The zero-order chi connectivity index (χ0) is 41.1. The van der Waals surface area contributed by atoms with Gasteiger partial charge < -0.3 is 79.7 Å². The number of guanidine groups is 1. The van der Waals surface area contributed by atoms with Crippen molar-refractivity contribution in [3.05, 3.63) is 29.8 Å². The van der Waals surface area contributed by atoms with E-state index in [0.29, 0.717) is 5.56 Å². The Labute approximate surface area is 309 Å². The summed E-state index contributed by atoms with van der Waals surface area (Å²) in [5.74, 6) is -8.08. The second-order valence-corrected chi connectivity index (χ2v) is 12.0. The van der Waals surface area contributed by atoms with E-state index in [1.807, 2.05) is 5.32 Å². The number of aliphatic imine (C=N–C) groups is 1. The predicted molar refractivity (Wildman–Crippen MR) is 188 cm³/mol. The van der Waals surface area contributed by atoms with Gasteiger partial charge in [0.1, 0.15) is 42.0 Å². The molecule has 8 atom stereocenters. The minimum atomic E-state index is -1.79. The highest BCUT2D eigenvalue weighted by atomic mass is 16.4. The Bertz CT molecular complexity index is 1470. The van der Waals surface area contributed by atoms with Crippen LogP contribution in [0, 0.1) is 0 Å². The number of hydrogen-bond donors (Lipinski definition) is 15. The number of rotatable bonds is 23. The van der Waals surface area contributed by atoms with Gasteiger partial charge in [0.15, 0.2) is 12.0 Å². The van der Waals surface area contributed by atoms with E-state index in [2.05, 4.69) is 31.6 Å². The molecular formula is C31H50N10O13. The smallest absolute Gasteiger partial charge is 0.328 e. The van der Waals surface area contributed by atoms with E-state index in [9.17, 15) is 59.1 Å². The van der Waals surface area contributed by atoms with Crippen LogP contribution >= 0.6 is 0 Å². The molecule has 0 unspecified atom stereocenters. The fourth-order valence-electron chi connectivity index (χ4n) is 4.46. The van der Waals surface area contributed by atoms with Crippen LogP contribution < -0.4 is 49.1 Å². The SMILES string of the molecule is C[C@H](NC(=O)[C@@H](N)CO)C(=O)N[C@@H](CO)C(=O)N[C@@H](Cc1ccc(O)cc1)C(=O)N[C@@H](CCCN=C(N)N)C(=O)N[C@@H](CO)C(=O)N[C@H](C(=O)O)[C@@H](C)O. The van der Waals surface area contributed by atoms with Crippen molar-refractivity contribution in [1.82, 2.24) is 31.9 Å². The van der Waals surface area contributed by atoms with Crippen molar-refractivity contribution in [3.63, 3.8) is 0 Å². The summed E-state index contributed by atoms with van der Waals surface area (Å²) in [6, 6.07) is -5.39. The minimum Gasteiger partial charge on any atom is -0.508 e. The Hall–Kier alpha value is -5.62. The predicted octanol–water partition coefficient (Wildman–Crippen LogP) is -7.31. The van der Waals surface area contributed by atoms with Crippen molar-refractivity contribution in [2.45, 2.75) is 81.5 Å². The number of aromatic hydroxyl groups is 1. The topological polar surface area (TPSA) is 403 Å². The Morgan fingerprint density at radius 2 is 1.17 bits per heavy atom. The van der Waals surface area contributed by atoms with Crippen LogP contribution in [-0.4, -0.2) is 153 Å². The van der Waals surface area contributed by atoms with E-state index in [1.54, 1.807) is 0 Å². The van der Waals surface area contributed by atoms with Crippen LogP contribution in [0.5, 0.6) is 5.75 Å². The number of benzene rings is 1. The number of carbonyl (C=O) groups is 7. The second-order valence-electron chi connectivity index (χ2n) is 12.0. The normalized spacial score (nSPS) is 15.3. The average molecular weight is 771 g/mol. The number of phenols is 1. The number of carboxylic acids is 1. The third-order valence-corrected chi connectivity index (χ3v) is 7.55. The quantitative estimate of drug-likeness (QED) is 0.0279. The van der Waals surface area contributed by atoms with Crippen LogP contribution in [-0.2, 0) is 40.0 Å². The molecule has 0 aliphatic rings. The molecule has 0 radical (unpaired) electrons. The molecule has 23 heteroatoms. The largest absolute Gasteiger partial charge is 0.508 e. The molecule has 1 aromatic rings. The molecule has 0 bridgehead atoms. The lowest BCUT2D eigenvalue weighted by Gasteiger charge is -2.27. The molecular weight excluding hydrogens is 720 g/mol. The first-order valence-corrected chi connectivity index (χ1v) is 16.5. The molecule has 0 aliphatic heterocycles. The van der Waals surface area contributed by atoms with Gasteiger partial charge in [-0.2, -0.15) is 0 Å². The first kappa shape index (κ1) is 46.4. The van der Waals surface area contributed by atoms with Crippen molar-refractivity contribution in [2.75, 3.05) is 26.4 Å². The standard InChI is InChI=1S/C31H50N10O13/c1-14(36-25(48)18(32)11-42)24(47)39-21(12-43)28(51)38-20(10-16-5-7-17(46)8-6-16)27(50)37-19(4-3-9-35-31(33)34)26(49)40-22(13-44)29(52)41-23(15(2)45)30(53)54/h5-8,14-15,18-23,42-46H,3-4,9-13,32H2,1-2H3,(H,36,48)(H,37,50)(H,38,51)(H,39,47)(H,40,49)(H,41,52)(H,53,54)(H4,33,34,35)/t14-,15+,18-,19-,20-,21-,22-,23-/m0/s1. The molecule has 0 fully saturated rings. The van der Waals surface area contributed by atoms with Gasteiger partial charge in [0.2, 0.25) is 35.4 Å². The van der Waals surface area contributed by atoms with Crippen LogP contribution in [0.25, 0.3) is 0 Å². The van der Waals surface area contributed by atoms with Gasteiger partial charge >= 0.3 is 5.97 Å². The van der Waals surface area contributed by atoms with Crippen molar-refractivity contribution < 1.29 is 64.2 Å². The molecule has 0 saturated carbocycles. The zero-order valence-corrected chi connectivity index (χ0v) is 29.6. The Kier molecular flexibility index (Phi) is 19.9. The van der Waals surface area contributed by atoms with Gasteiger partial charge in [0.05, 0.1) is 25.9 Å². The molecule has 302 valence electrons. The van der Waals surface area contributed by atoms with Crippen LogP contribution in [0.2, 0.25) is 0 Å². The van der Waals surface area contributed by atoms with Crippen LogP contribution in [0.4, 0.5) is 0 Å². The maximum atomic E-state index is 13.8. The van der Waals surface area contributed by atoms with Crippen LogP contribution in [0.1, 0.15) is 32.3 Å². The number of nitrogens with zero attached hydrogens (tertiary/aromatic N) is 1. The van der Waals surface area contributed by atoms with Gasteiger partial charge in [-0.05, 0) is 44.4 Å². The highest BCUT2D eigenvalue weighted by Gasteiger charge is 2.33.